The molecule has 1 heterocycles. The van der Waals surface area contributed by atoms with Crippen molar-refractivity contribution < 1.29 is 5.11 Å². The Morgan fingerprint density at radius 1 is 1.10 bits per heavy atom. The van der Waals surface area contributed by atoms with Crippen LogP contribution in [-0.2, 0) is 13.0 Å². The molecule has 3 nitrogen and oxygen atoms in total. The minimum absolute atomic E-state index is 0.284. The molecule has 0 aliphatic rings. The molecule has 1 aromatic carbocycles. The molecular formula is C18H28N2O. The van der Waals surface area contributed by atoms with Gasteiger partial charge >= 0.3 is 0 Å². The number of benzene rings is 1. The maximum absolute atomic E-state index is 10.6. The van der Waals surface area contributed by atoms with Crippen LogP contribution in [0.15, 0.2) is 24.3 Å². The topological polar surface area (TPSA) is 38.1 Å². The van der Waals surface area contributed by atoms with Crippen molar-refractivity contribution in [1.29, 1.82) is 0 Å². The van der Waals surface area contributed by atoms with Crippen molar-refractivity contribution in [2.45, 2.75) is 65.5 Å². The third-order valence-corrected chi connectivity index (χ3v) is 4.30. The molecule has 1 N–H and O–H groups in total. The van der Waals surface area contributed by atoms with Crippen LogP contribution in [0.25, 0.3) is 10.9 Å². The van der Waals surface area contributed by atoms with Gasteiger partial charge in [0.1, 0.15) is 0 Å². The first-order chi connectivity index (χ1) is 10.2. The molecule has 2 rings (SSSR count). The average molecular weight is 288 g/mol. The summed E-state index contributed by atoms with van der Waals surface area (Å²) >= 11 is 0. The minimum Gasteiger partial charge on any atom is -0.392 e. The number of hydrogen-bond acceptors (Lipinski definition) is 2. The van der Waals surface area contributed by atoms with E-state index >= 15 is 0 Å². The Hall–Kier alpha value is -1.35. The standard InChI is InChI=1S/C18H28N2O/c1-4-9-14(10-5-2)18(21)13-16-15-11-7-8-12-17(15)20(6-3)19-16/h7-8,11-12,14,18,21H,4-6,9-10,13H2,1-3H3. The van der Waals surface area contributed by atoms with Crippen LogP contribution in [0.5, 0.6) is 0 Å². The van der Waals surface area contributed by atoms with Crippen LogP contribution < -0.4 is 0 Å². The lowest BCUT2D eigenvalue weighted by Crippen LogP contribution is -2.23. The lowest BCUT2D eigenvalue weighted by Gasteiger charge is -2.21. The fraction of sp³-hybridized carbons (Fsp3) is 0.611. The third kappa shape index (κ3) is 3.65. The minimum atomic E-state index is -0.284. The van der Waals surface area contributed by atoms with E-state index in [1.807, 2.05) is 10.7 Å². The van der Waals surface area contributed by atoms with Crippen LogP contribution in [0.1, 0.15) is 52.1 Å². The lowest BCUT2D eigenvalue weighted by molar-refractivity contribution is 0.0955. The van der Waals surface area contributed by atoms with Crippen molar-refractivity contribution in [3.05, 3.63) is 30.0 Å². The van der Waals surface area contributed by atoms with Gasteiger partial charge < -0.3 is 5.11 Å². The monoisotopic (exact) mass is 288 g/mol. The zero-order valence-corrected chi connectivity index (χ0v) is 13.5. The molecule has 0 fully saturated rings. The van der Waals surface area contributed by atoms with Crippen LogP contribution in [0.2, 0.25) is 0 Å². The molecule has 3 heteroatoms. The van der Waals surface area contributed by atoms with E-state index in [0.717, 1.165) is 37.9 Å². The number of fused-ring (bicyclic) bond motifs is 1. The van der Waals surface area contributed by atoms with E-state index in [9.17, 15) is 5.11 Å². The molecule has 0 aliphatic carbocycles. The number of aryl methyl sites for hydroxylation is 1. The van der Waals surface area contributed by atoms with Crippen LogP contribution in [0, 0.1) is 5.92 Å². The van der Waals surface area contributed by atoms with Gasteiger partial charge in [-0.25, -0.2) is 0 Å². The van der Waals surface area contributed by atoms with Gasteiger partial charge in [-0.3, -0.25) is 4.68 Å². The summed E-state index contributed by atoms with van der Waals surface area (Å²) in [6.45, 7) is 7.35. The van der Waals surface area contributed by atoms with Crippen LogP contribution in [-0.4, -0.2) is 21.0 Å². The summed E-state index contributed by atoms with van der Waals surface area (Å²) < 4.78 is 2.03. The second kappa shape index (κ2) is 7.60. The smallest absolute Gasteiger partial charge is 0.0729 e. The van der Waals surface area contributed by atoms with Crippen molar-refractivity contribution in [2.75, 3.05) is 0 Å². The Kier molecular flexibility index (Phi) is 5.80. The third-order valence-electron chi connectivity index (χ3n) is 4.30. The van der Waals surface area contributed by atoms with Crippen molar-refractivity contribution in [3.8, 4) is 0 Å². The predicted molar refractivity (Wildman–Crippen MR) is 88.4 cm³/mol. The van der Waals surface area contributed by atoms with Gasteiger partial charge in [-0.15, -0.1) is 0 Å². The fourth-order valence-electron chi connectivity index (χ4n) is 3.22. The van der Waals surface area contributed by atoms with E-state index in [1.54, 1.807) is 0 Å². The summed E-state index contributed by atoms with van der Waals surface area (Å²) in [6, 6.07) is 8.32. The van der Waals surface area contributed by atoms with Crippen molar-refractivity contribution in [3.63, 3.8) is 0 Å². The molecule has 21 heavy (non-hydrogen) atoms. The van der Waals surface area contributed by atoms with Crippen LogP contribution in [0.4, 0.5) is 0 Å². The molecule has 2 aromatic rings. The first-order valence-corrected chi connectivity index (χ1v) is 8.33. The predicted octanol–water partition coefficient (Wildman–Crippen LogP) is 4.18. The Bertz CT molecular complexity index is 555. The van der Waals surface area contributed by atoms with Gasteiger partial charge in [-0.05, 0) is 31.7 Å². The highest BCUT2D eigenvalue weighted by Crippen LogP contribution is 2.24. The van der Waals surface area contributed by atoms with Gasteiger partial charge in [-0.2, -0.15) is 5.10 Å². The molecule has 0 bridgehead atoms. The number of rotatable bonds is 8. The number of para-hydroxylation sites is 1. The largest absolute Gasteiger partial charge is 0.392 e. The summed E-state index contributed by atoms with van der Waals surface area (Å²) in [4.78, 5) is 0. The van der Waals surface area contributed by atoms with E-state index in [2.05, 4.69) is 39.0 Å². The molecule has 0 saturated heterocycles. The number of nitrogens with zero attached hydrogens (tertiary/aromatic N) is 2. The van der Waals surface area contributed by atoms with Crippen molar-refractivity contribution >= 4 is 10.9 Å². The number of aliphatic hydroxyl groups is 1. The molecule has 0 amide bonds. The van der Waals surface area contributed by atoms with Gasteiger partial charge in [0, 0.05) is 18.4 Å². The van der Waals surface area contributed by atoms with Crippen LogP contribution >= 0.6 is 0 Å². The first kappa shape index (κ1) is 16.0. The molecule has 0 aliphatic heterocycles. The number of aliphatic hydroxyl groups excluding tert-OH is 1. The second-order valence-corrected chi connectivity index (χ2v) is 5.89. The van der Waals surface area contributed by atoms with Crippen LogP contribution in [0.3, 0.4) is 0 Å². The zero-order chi connectivity index (χ0) is 15.2. The quantitative estimate of drug-likeness (QED) is 0.791. The first-order valence-electron chi connectivity index (χ1n) is 8.33. The average Bonchev–Trinajstić information content (AvgIpc) is 2.85. The van der Waals surface area contributed by atoms with Crippen molar-refractivity contribution in [1.82, 2.24) is 9.78 Å². The van der Waals surface area contributed by atoms with E-state index < -0.39 is 0 Å². The highest BCUT2D eigenvalue weighted by molar-refractivity contribution is 5.82. The summed E-state index contributed by atoms with van der Waals surface area (Å²) in [7, 11) is 0. The van der Waals surface area contributed by atoms with Gasteiger partial charge in [0.15, 0.2) is 0 Å². The maximum Gasteiger partial charge on any atom is 0.0729 e. The Balaban J connectivity index is 2.22. The molecule has 1 atom stereocenters. The van der Waals surface area contributed by atoms with E-state index in [4.69, 9.17) is 5.10 Å². The van der Waals surface area contributed by atoms with Gasteiger partial charge in [-0.1, -0.05) is 44.9 Å². The van der Waals surface area contributed by atoms with E-state index in [-0.39, 0.29) is 6.10 Å². The number of aromatic nitrogens is 2. The summed E-state index contributed by atoms with van der Waals surface area (Å²) in [6.07, 6.45) is 4.84. The molecular weight excluding hydrogens is 260 g/mol. The molecule has 1 unspecified atom stereocenters. The van der Waals surface area contributed by atoms with E-state index in [1.165, 1.54) is 10.9 Å². The molecule has 0 radical (unpaired) electrons. The lowest BCUT2D eigenvalue weighted by atomic mass is 9.89. The molecule has 0 spiro atoms. The van der Waals surface area contributed by atoms with Gasteiger partial charge in [0.2, 0.25) is 0 Å². The Morgan fingerprint density at radius 3 is 2.38 bits per heavy atom. The summed E-state index contributed by atoms with van der Waals surface area (Å²) in [5.74, 6) is 0.394. The normalized spacial score (nSPS) is 13.2. The highest BCUT2D eigenvalue weighted by Gasteiger charge is 2.21. The van der Waals surface area contributed by atoms with Gasteiger partial charge in [0.25, 0.3) is 0 Å². The second-order valence-electron chi connectivity index (χ2n) is 5.89. The summed E-state index contributed by atoms with van der Waals surface area (Å²) in [5, 5.41) is 16.5. The van der Waals surface area contributed by atoms with Gasteiger partial charge in [0.05, 0.1) is 17.3 Å². The SMILES string of the molecule is CCCC(CCC)C(O)Cc1nn(CC)c2ccccc12. The zero-order valence-electron chi connectivity index (χ0n) is 13.5. The maximum atomic E-state index is 10.6. The molecule has 0 saturated carbocycles. The molecule has 1 aromatic heterocycles. The number of hydrogen-bond donors (Lipinski definition) is 1. The van der Waals surface area contributed by atoms with Crippen molar-refractivity contribution in [2.24, 2.45) is 5.92 Å². The Labute approximate surface area is 128 Å². The molecule has 116 valence electrons. The van der Waals surface area contributed by atoms with E-state index in [0.29, 0.717) is 12.3 Å². The fourth-order valence-corrected chi connectivity index (χ4v) is 3.22. The Morgan fingerprint density at radius 2 is 1.76 bits per heavy atom. The highest BCUT2D eigenvalue weighted by atomic mass is 16.3. The summed E-state index contributed by atoms with van der Waals surface area (Å²) in [5.41, 5.74) is 2.21.